The van der Waals surface area contributed by atoms with Gasteiger partial charge in [-0.1, -0.05) is 25.7 Å². The van der Waals surface area contributed by atoms with Gasteiger partial charge in [-0.15, -0.1) is 0 Å². The topological polar surface area (TPSA) is 21.3 Å². The van der Waals surface area contributed by atoms with Gasteiger partial charge in [0, 0.05) is 12.6 Å². The molecule has 2 nitrogen and oxygen atoms in total. The van der Waals surface area contributed by atoms with Crippen molar-refractivity contribution >= 4 is 0 Å². The van der Waals surface area contributed by atoms with Crippen molar-refractivity contribution in [2.75, 3.05) is 13.7 Å². The summed E-state index contributed by atoms with van der Waals surface area (Å²) in [7, 11) is 2.17. The van der Waals surface area contributed by atoms with Gasteiger partial charge in [0.2, 0.25) is 0 Å². The van der Waals surface area contributed by atoms with Crippen LogP contribution >= 0.6 is 0 Å². The average molecular weight is 265 g/mol. The second kappa shape index (κ2) is 6.13. The smallest absolute Gasteiger partial charge is 0.0685 e. The van der Waals surface area contributed by atoms with Crippen LogP contribution in [0.3, 0.4) is 0 Å². The summed E-state index contributed by atoms with van der Waals surface area (Å²) in [5.74, 6) is 1.90. The Hall–Kier alpha value is -0.0800. The monoisotopic (exact) mass is 265 g/mol. The molecule has 1 spiro atoms. The molecule has 2 aliphatic carbocycles. The van der Waals surface area contributed by atoms with Gasteiger partial charge in [-0.25, -0.2) is 0 Å². The molecule has 3 fully saturated rings. The fourth-order valence-electron chi connectivity index (χ4n) is 4.66. The van der Waals surface area contributed by atoms with E-state index in [0.717, 1.165) is 24.5 Å². The van der Waals surface area contributed by atoms with Crippen molar-refractivity contribution in [1.29, 1.82) is 0 Å². The number of nitrogens with one attached hydrogen (secondary N) is 1. The molecule has 1 aliphatic heterocycles. The van der Waals surface area contributed by atoms with Crippen molar-refractivity contribution < 1.29 is 4.74 Å². The Bertz CT molecular complexity index is 281. The molecule has 19 heavy (non-hydrogen) atoms. The SMILES string of the molecule is CNC(CCC1CCCC1)C1CCOC2(CCC2)C1. The summed E-state index contributed by atoms with van der Waals surface area (Å²) < 4.78 is 6.08. The van der Waals surface area contributed by atoms with E-state index in [1.54, 1.807) is 0 Å². The summed E-state index contributed by atoms with van der Waals surface area (Å²) in [5.41, 5.74) is 0.311. The molecule has 0 amide bonds. The van der Waals surface area contributed by atoms with E-state index in [1.165, 1.54) is 70.6 Å². The lowest BCUT2D eigenvalue weighted by Gasteiger charge is -2.49. The first kappa shape index (κ1) is 13.9. The van der Waals surface area contributed by atoms with Crippen LogP contribution in [0.15, 0.2) is 0 Å². The van der Waals surface area contributed by atoms with Gasteiger partial charge >= 0.3 is 0 Å². The Balaban J connectivity index is 1.49. The number of hydrogen-bond acceptors (Lipinski definition) is 2. The van der Waals surface area contributed by atoms with E-state index in [-0.39, 0.29) is 0 Å². The van der Waals surface area contributed by atoms with E-state index in [2.05, 4.69) is 12.4 Å². The van der Waals surface area contributed by atoms with Crippen molar-refractivity contribution in [1.82, 2.24) is 5.32 Å². The van der Waals surface area contributed by atoms with Gasteiger partial charge in [0.25, 0.3) is 0 Å². The third kappa shape index (κ3) is 3.16. The van der Waals surface area contributed by atoms with Gasteiger partial charge < -0.3 is 10.1 Å². The highest BCUT2D eigenvalue weighted by Gasteiger charge is 2.44. The van der Waals surface area contributed by atoms with E-state index < -0.39 is 0 Å². The van der Waals surface area contributed by atoms with Gasteiger partial charge in [0.1, 0.15) is 0 Å². The zero-order valence-electron chi connectivity index (χ0n) is 12.6. The third-order valence-corrected chi connectivity index (χ3v) is 6.10. The van der Waals surface area contributed by atoms with Crippen LogP contribution < -0.4 is 5.32 Å². The normalized spacial score (nSPS) is 32.4. The first-order valence-electron chi connectivity index (χ1n) is 8.62. The number of hydrogen-bond donors (Lipinski definition) is 1. The number of rotatable bonds is 5. The van der Waals surface area contributed by atoms with Crippen LogP contribution in [0, 0.1) is 11.8 Å². The summed E-state index contributed by atoms with van der Waals surface area (Å²) in [6.07, 6.45) is 15.4. The molecule has 2 heteroatoms. The Morgan fingerprint density at radius 3 is 2.58 bits per heavy atom. The molecule has 1 heterocycles. The second-order valence-corrected chi connectivity index (χ2v) is 7.26. The standard InChI is InChI=1S/C17H31NO/c1-18-16(8-7-14-5-2-3-6-14)15-9-12-19-17(13-15)10-4-11-17/h14-16,18H,2-13H2,1H3. The fraction of sp³-hybridized carbons (Fsp3) is 1.00. The molecule has 1 saturated heterocycles. The Kier molecular flexibility index (Phi) is 4.48. The molecular weight excluding hydrogens is 234 g/mol. The molecule has 110 valence electrons. The summed E-state index contributed by atoms with van der Waals surface area (Å²) in [4.78, 5) is 0. The Morgan fingerprint density at radius 1 is 1.16 bits per heavy atom. The zero-order valence-corrected chi connectivity index (χ0v) is 12.6. The van der Waals surface area contributed by atoms with Crippen LogP contribution in [0.2, 0.25) is 0 Å². The molecule has 3 rings (SSSR count). The zero-order chi connectivity index (χ0) is 13.1. The molecular formula is C17H31NO. The van der Waals surface area contributed by atoms with Gasteiger partial charge in [0.15, 0.2) is 0 Å². The minimum atomic E-state index is 0.311. The lowest BCUT2D eigenvalue weighted by atomic mass is 9.70. The van der Waals surface area contributed by atoms with Crippen molar-refractivity contribution in [2.45, 2.75) is 82.3 Å². The molecule has 2 unspecified atom stereocenters. The highest BCUT2D eigenvalue weighted by Crippen LogP contribution is 2.45. The molecule has 0 bridgehead atoms. The summed E-state index contributed by atoms with van der Waals surface area (Å²) in [6.45, 7) is 1.01. The molecule has 0 radical (unpaired) electrons. The first-order valence-corrected chi connectivity index (χ1v) is 8.62. The van der Waals surface area contributed by atoms with Crippen LogP contribution in [0.5, 0.6) is 0 Å². The lowest BCUT2D eigenvalue weighted by molar-refractivity contribution is -0.147. The van der Waals surface area contributed by atoms with E-state index in [4.69, 9.17) is 4.74 Å². The van der Waals surface area contributed by atoms with Gasteiger partial charge in [0.05, 0.1) is 5.60 Å². The van der Waals surface area contributed by atoms with Crippen molar-refractivity contribution in [3.8, 4) is 0 Å². The molecule has 2 saturated carbocycles. The largest absolute Gasteiger partial charge is 0.375 e. The minimum Gasteiger partial charge on any atom is -0.375 e. The molecule has 0 aromatic carbocycles. The molecule has 1 N–H and O–H groups in total. The first-order chi connectivity index (χ1) is 9.31. The molecule has 2 atom stereocenters. The Morgan fingerprint density at radius 2 is 1.95 bits per heavy atom. The van der Waals surface area contributed by atoms with E-state index >= 15 is 0 Å². The predicted octanol–water partition coefficient (Wildman–Crippen LogP) is 3.89. The van der Waals surface area contributed by atoms with Crippen LogP contribution in [0.25, 0.3) is 0 Å². The van der Waals surface area contributed by atoms with E-state index in [1.807, 2.05) is 0 Å². The summed E-state index contributed by atoms with van der Waals surface area (Å²) >= 11 is 0. The molecule has 0 aromatic heterocycles. The van der Waals surface area contributed by atoms with Crippen LogP contribution in [0.4, 0.5) is 0 Å². The van der Waals surface area contributed by atoms with Crippen molar-refractivity contribution in [3.63, 3.8) is 0 Å². The van der Waals surface area contributed by atoms with Crippen molar-refractivity contribution in [2.24, 2.45) is 11.8 Å². The van der Waals surface area contributed by atoms with Crippen LogP contribution in [-0.2, 0) is 4.74 Å². The lowest BCUT2D eigenvalue weighted by Crippen LogP contribution is -2.49. The van der Waals surface area contributed by atoms with Crippen molar-refractivity contribution in [3.05, 3.63) is 0 Å². The highest BCUT2D eigenvalue weighted by atomic mass is 16.5. The maximum atomic E-state index is 6.08. The number of ether oxygens (including phenoxy) is 1. The van der Waals surface area contributed by atoms with E-state index in [9.17, 15) is 0 Å². The van der Waals surface area contributed by atoms with Gasteiger partial charge in [-0.2, -0.15) is 0 Å². The summed E-state index contributed by atoms with van der Waals surface area (Å²) in [5, 5.41) is 3.63. The quantitative estimate of drug-likeness (QED) is 0.814. The highest BCUT2D eigenvalue weighted by molar-refractivity contribution is 4.96. The van der Waals surface area contributed by atoms with Gasteiger partial charge in [-0.3, -0.25) is 0 Å². The third-order valence-electron chi connectivity index (χ3n) is 6.10. The fourth-order valence-corrected chi connectivity index (χ4v) is 4.66. The molecule has 3 aliphatic rings. The predicted molar refractivity (Wildman–Crippen MR) is 79.3 cm³/mol. The average Bonchev–Trinajstić information content (AvgIpc) is 2.91. The van der Waals surface area contributed by atoms with Crippen LogP contribution in [-0.4, -0.2) is 25.3 Å². The van der Waals surface area contributed by atoms with E-state index in [0.29, 0.717) is 5.60 Å². The van der Waals surface area contributed by atoms with Gasteiger partial charge in [-0.05, 0) is 63.8 Å². The minimum absolute atomic E-state index is 0.311. The maximum absolute atomic E-state index is 6.08. The molecule has 0 aromatic rings. The maximum Gasteiger partial charge on any atom is 0.0685 e. The second-order valence-electron chi connectivity index (χ2n) is 7.26. The summed E-state index contributed by atoms with van der Waals surface area (Å²) in [6, 6.07) is 0.738. The Labute approximate surface area is 118 Å². The van der Waals surface area contributed by atoms with Crippen LogP contribution in [0.1, 0.15) is 70.6 Å².